The summed E-state index contributed by atoms with van der Waals surface area (Å²) in [5, 5.41) is 11.1. The van der Waals surface area contributed by atoms with E-state index in [1.807, 2.05) is 12.1 Å². The number of pyridine rings is 1. The SMILES string of the molecule is CS(=O)(=O)N(CC(=O)NCc1nnc2ccccn12)c1cccc(Cl)c1. The number of fused-ring (bicyclic) bond motifs is 1. The molecule has 1 N–H and O–H groups in total. The van der Waals surface area contributed by atoms with Gasteiger partial charge in [-0.25, -0.2) is 8.42 Å². The Morgan fingerprint density at radius 3 is 2.77 bits per heavy atom. The summed E-state index contributed by atoms with van der Waals surface area (Å²) < 4.78 is 26.9. The Hall–Kier alpha value is -2.65. The molecule has 2 aromatic heterocycles. The van der Waals surface area contributed by atoms with E-state index in [1.54, 1.807) is 34.9 Å². The van der Waals surface area contributed by atoms with Crippen LogP contribution in [0.25, 0.3) is 5.65 Å². The van der Waals surface area contributed by atoms with Gasteiger partial charge in [0, 0.05) is 11.2 Å². The third-order valence-electron chi connectivity index (χ3n) is 3.61. The first-order valence-corrected chi connectivity index (χ1v) is 9.86. The van der Waals surface area contributed by atoms with Gasteiger partial charge in [-0.2, -0.15) is 0 Å². The van der Waals surface area contributed by atoms with Crippen molar-refractivity contribution in [1.82, 2.24) is 19.9 Å². The van der Waals surface area contributed by atoms with E-state index in [4.69, 9.17) is 11.6 Å². The summed E-state index contributed by atoms with van der Waals surface area (Å²) in [7, 11) is -3.66. The number of amides is 1. The van der Waals surface area contributed by atoms with Crippen LogP contribution in [-0.2, 0) is 21.4 Å². The molecule has 0 aliphatic heterocycles. The fraction of sp³-hybridized carbons (Fsp3) is 0.188. The van der Waals surface area contributed by atoms with E-state index in [0.717, 1.165) is 10.6 Å². The van der Waals surface area contributed by atoms with Crippen molar-refractivity contribution in [1.29, 1.82) is 0 Å². The second kappa shape index (κ2) is 7.30. The van der Waals surface area contributed by atoms with Gasteiger partial charge in [0.1, 0.15) is 6.54 Å². The number of carbonyl (C=O) groups is 1. The zero-order valence-corrected chi connectivity index (χ0v) is 15.4. The third kappa shape index (κ3) is 4.12. The summed E-state index contributed by atoms with van der Waals surface area (Å²) in [6.45, 7) is -0.243. The zero-order chi connectivity index (χ0) is 18.7. The number of aromatic nitrogens is 3. The van der Waals surface area contributed by atoms with Crippen molar-refractivity contribution in [3.63, 3.8) is 0 Å². The Labute approximate surface area is 155 Å². The lowest BCUT2D eigenvalue weighted by molar-refractivity contribution is -0.119. The second-order valence-corrected chi connectivity index (χ2v) is 7.91. The van der Waals surface area contributed by atoms with E-state index in [9.17, 15) is 13.2 Å². The predicted octanol–water partition coefficient (Wildman–Crippen LogP) is 1.47. The molecule has 26 heavy (non-hydrogen) atoms. The highest BCUT2D eigenvalue weighted by atomic mass is 35.5. The molecule has 0 spiro atoms. The van der Waals surface area contributed by atoms with Gasteiger partial charge in [-0.05, 0) is 30.3 Å². The number of sulfonamides is 1. The van der Waals surface area contributed by atoms with Crippen LogP contribution in [0.2, 0.25) is 5.02 Å². The number of benzene rings is 1. The molecule has 0 unspecified atom stereocenters. The van der Waals surface area contributed by atoms with Gasteiger partial charge in [0.2, 0.25) is 15.9 Å². The molecule has 2 heterocycles. The molecule has 0 atom stereocenters. The van der Waals surface area contributed by atoms with E-state index in [2.05, 4.69) is 15.5 Å². The van der Waals surface area contributed by atoms with Gasteiger partial charge in [-0.3, -0.25) is 13.5 Å². The maximum absolute atomic E-state index is 12.3. The molecule has 3 aromatic rings. The van der Waals surface area contributed by atoms with Gasteiger partial charge < -0.3 is 5.32 Å². The Morgan fingerprint density at radius 1 is 1.23 bits per heavy atom. The smallest absolute Gasteiger partial charge is 0.241 e. The zero-order valence-electron chi connectivity index (χ0n) is 13.8. The number of halogens is 1. The molecule has 0 radical (unpaired) electrons. The molecule has 0 aliphatic rings. The monoisotopic (exact) mass is 393 g/mol. The van der Waals surface area contributed by atoms with Crippen molar-refractivity contribution in [3.05, 3.63) is 59.5 Å². The van der Waals surface area contributed by atoms with Crippen molar-refractivity contribution in [3.8, 4) is 0 Å². The van der Waals surface area contributed by atoms with Crippen molar-refractivity contribution in [2.24, 2.45) is 0 Å². The van der Waals surface area contributed by atoms with Crippen molar-refractivity contribution in [2.45, 2.75) is 6.54 Å². The number of hydrogen-bond acceptors (Lipinski definition) is 5. The summed E-state index contributed by atoms with van der Waals surface area (Å²) >= 11 is 5.92. The number of nitrogens with zero attached hydrogens (tertiary/aromatic N) is 4. The van der Waals surface area contributed by atoms with E-state index in [0.29, 0.717) is 22.2 Å². The van der Waals surface area contributed by atoms with Crippen LogP contribution in [0.1, 0.15) is 5.82 Å². The fourth-order valence-corrected chi connectivity index (χ4v) is 3.44. The highest BCUT2D eigenvalue weighted by molar-refractivity contribution is 7.92. The highest BCUT2D eigenvalue weighted by Crippen LogP contribution is 2.21. The first kappa shape index (κ1) is 18.2. The lowest BCUT2D eigenvalue weighted by Crippen LogP contribution is -2.40. The van der Waals surface area contributed by atoms with Crippen LogP contribution in [0.3, 0.4) is 0 Å². The Bertz CT molecular complexity index is 1050. The predicted molar refractivity (Wildman–Crippen MR) is 98.5 cm³/mol. The van der Waals surface area contributed by atoms with E-state index >= 15 is 0 Å². The molecule has 0 saturated heterocycles. The Kier molecular flexibility index (Phi) is 5.10. The second-order valence-electron chi connectivity index (χ2n) is 5.57. The van der Waals surface area contributed by atoms with Crippen LogP contribution >= 0.6 is 11.6 Å². The maximum Gasteiger partial charge on any atom is 0.241 e. The van der Waals surface area contributed by atoms with Gasteiger partial charge in [0.25, 0.3) is 0 Å². The quantitative estimate of drug-likeness (QED) is 0.684. The minimum atomic E-state index is -3.66. The van der Waals surface area contributed by atoms with Crippen LogP contribution in [0.4, 0.5) is 5.69 Å². The van der Waals surface area contributed by atoms with E-state index in [1.165, 1.54) is 6.07 Å². The lowest BCUT2D eigenvalue weighted by atomic mass is 10.3. The number of hydrogen-bond donors (Lipinski definition) is 1. The summed E-state index contributed by atoms with van der Waals surface area (Å²) in [5.41, 5.74) is 0.983. The average Bonchev–Trinajstić information content (AvgIpc) is 3.00. The Balaban J connectivity index is 1.72. The van der Waals surface area contributed by atoms with Crippen molar-refractivity contribution in [2.75, 3.05) is 17.1 Å². The largest absolute Gasteiger partial charge is 0.347 e. The minimum Gasteiger partial charge on any atom is -0.347 e. The number of rotatable bonds is 6. The van der Waals surface area contributed by atoms with Crippen molar-refractivity contribution >= 4 is 38.9 Å². The molecule has 1 aromatic carbocycles. The molecular weight excluding hydrogens is 378 g/mol. The van der Waals surface area contributed by atoms with Crippen LogP contribution < -0.4 is 9.62 Å². The third-order valence-corrected chi connectivity index (χ3v) is 4.99. The van der Waals surface area contributed by atoms with Gasteiger partial charge in [0.15, 0.2) is 11.5 Å². The molecule has 8 nitrogen and oxygen atoms in total. The maximum atomic E-state index is 12.3. The van der Waals surface area contributed by atoms with Gasteiger partial charge in [-0.15, -0.1) is 10.2 Å². The van der Waals surface area contributed by atoms with Gasteiger partial charge in [-0.1, -0.05) is 23.7 Å². The summed E-state index contributed by atoms with van der Waals surface area (Å²) in [6, 6.07) is 11.8. The molecule has 1 amide bonds. The molecule has 0 aliphatic carbocycles. The molecule has 136 valence electrons. The molecule has 0 fully saturated rings. The topological polar surface area (TPSA) is 96.7 Å². The average molecular weight is 394 g/mol. The first-order chi connectivity index (χ1) is 12.3. The Morgan fingerprint density at radius 2 is 2.04 bits per heavy atom. The molecular formula is C16H16ClN5O3S. The summed E-state index contributed by atoms with van der Waals surface area (Å²) in [4.78, 5) is 12.3. The normalized spacial score (nSPS) is 11.5. The molecule has 0 saturated carbocycles. The number of carbonyl (C=O) groups excluding carboxylic acids is 1. The van der Waals surface area contributed by atoms with Crippen LogP contribution in [-0.4, -0.2) is 41.7 Å². The van der Waals surface area contributed by atoms with E-state index in [-0.39, 0.29) is 13.1 Å². The highest BCUT2D eigenvalue weighted by Gasteiger charge is 2.21. The van der Waals surface area contributed by atoms with Crippen molar-refractivity contribution < 1.29 is 13.2 Å². The summed E-state index contributed by atoms with van der Waals surface area (Å²) in [5.74, 6) is 0.0747. The molecule has 10 heteroatoms. The van der Waals surface area contributed by atoms with Crippen LogP contribution in [0.15, 0.2) is 48.7 Å². The summed E-state index contributed by atoms with van der Waals surface area (Å²) in [6.07, 6.45) is 2.82. The lowest BCUT2D eigenvalue weighted by Gasteiger charge is -2.21. The minimum absolute atomic E-state index is 0.122. The standard InChI is InChI=1S/C16H16ClN5O3S/c1-26(24,25)22(13-6-4-5-12(17)9-13)11-16(23)18-10-15-20-19-14-7-2-3-8-21(14)15/h2-9H,10-11H2,1H3,(H,18,23). The molecule has 0 bridgehead atoms. The van der Waals surface area contributed by atoms with Gasteiger partial charge >= 0.3 is 0 Å². The number of nitrogens with one attached hydrogen (secondary N) is 1. The van der Waals surface area contributed by atoms with E-state index < -0.39 is 15.9 Å². The fourth-order valence-electron chi connectivity index (χ4n) is 2.41. The van der Waals surface area contributed by atoms with Crippen LogP contribution in [0.5, 0.6) is 0 Å². The molecule has 3 rings (SSSR count). The van der Waals surface area contributed by atoms with Crippen LogP contribution in [0, 0.1) is 0 Å². The number of anilines is 1. The van der Waals surface area contributed by atoms with Gasteiger partial charge in [0.05, 0.1) is 18.5 Å². The first-order valence-electron chi connectivity index (χ1n) is 7.63.